The maximum Gasteiger partial charge on any atom is 0.227 e. The molecule has 1 unspecified atom stereocenters. The molecule has 0 aliphatic carbocycles. The van der Waals surface area contributed by atoms with E-state index in [1.807, 2.05) is 31.2 Å². The van der Waals surface area contributed by atoms with Crippen molar-refractivity contribution in [1.29, 1.82) is 0 Å². The molecule has 0 aromatic heterocycles. The molecule has 1 aliphatic heterocycles. The highest BCUT2D eigenvalue weighted by atomic mass is 16.5. The van der Waals surface area contributed by atoms with E-state index in [-0.39, 0.29) is 17.9 Å². The van der Waals surface area contributed by atoms with Gasteiger partial charge in [-0.1, -0.05) is 12.1 Å². The molecule has 18 heavy (non-hydrogen) atoms. The molecule has 1 amide bonds. The van der Waals surface area contributed by atoms with Crippen molar-refractivity contribution in [2.24, 2.45) is 0 Å². The van der Waals surface area contributed by atoms with E-state index in [1.54, 1.807) is 0 Å². The van der Waals surface area contributed by atoms with Crippen LogP contribution in [0.1, 0.15) is 31.2 Å². The topological polar surface area (TPSA) is 64.3 Å². The van der Waals surface area contributed by atoms with Gasteiger partial charge in [0.1, 0.15) is 0 Å². The van der Waals surface area contributed by atoms with Crippen molar-refractivity contribution in [3.63, 3.8) is 0 Å². The number of amides is 1. The normalized spacial score (nSPS) is 18.3. The van der Waals surface area contributed by atoms with Gasteiger partial charge < -0.3 is 15.8 Å². The van der Waals surface area contributed by atoms with Gasteiger partial charge in [0.25, 0.3) is 0 Å². The second-order valence-electron chi connectivity index (χ2n) is 4.79. The third kappa shape index (κ3) is 3.23. The third-order valence-electron chi connectivity index (χ3n) is 3.37. The Morgan fingerprint density at radius 2 is 2.17 bits per heavy atom. The van der Waals surface area contributed by atoms with Gasteiger partial charge in [0, 0.05) is 24.9 Å². The molecule has 4 heteroatoms. The van der Waals surface area contributed by atoms with Crippen LogP contribution in [0.15, 0.2) is 24.3 Å². The Balaban J connectivity index is 1.95. The van der Waals surface area contributed by atoms with Gasteiger partial charge in [-0.15, -0.1) is 0 Å². The molecule has 2 rings (SSSR count). The molecule has 4 nitrogen and oxygen atoms in total. The second-order valence-corrected chi connectivity index (χ2v) is 4.79. The highest BCUT2D eigenvalue weighted by Gasteiger charge is 2.20. The summed E-state index contributed by atoms with van der Waals surface area (Å²) in [5.41, 5.74) is 7.38. The molecule has 0 bridgehead atoms. The van der Waals surface area contributed by atoms with Gasteiger partial charge >= 0.3 is 0 Å². The minimum Gasteiger partial charge on any atom is -0.399 e. The minimum atomic E-state index is -0.170. The summed E-state index contributed by atoms with van der Waals surface area (Å²) in [6.07, 6.45) is 1.80. The zero-order valence-corrected chi connectivity index (χ0v) is 10.7. The van der Waals surface area contributed by atoms with Crippen LogP contribution in [0.25, 0.3) is 0 Å². The number of carbonyl (C=O) groups excluding carboxylic acids is 1. The lowest BCUT2D eigenvalue weighted by atomic mass is 9.98. The fourth-order valence-electron chi connectivity index (χ4n) is 2.15. The van der Waals surface area contributed by atoms with Gasteiger partial charge in [-0.05, 0) is 37.5 Å². The minimum absolute atomic E-state index is 0.0625. The number of carbonyl (C=O) groups is 1. The number of rotatable bonds is 3. The van der Waals surface area contributed by atoms with E-state index in [2.05, 4.69) is 5.32 Å². The number of ether oxygens (including phenoxy) is 1. The lowest BCUT2D eigenvalue weighted by Crippen LogP contribution is -2.40. The van der Waals surface area contributed by atoms with Gasteiger partial charge in [0.2, 0.25) is 5.91 Å². The number of anilines is 1. The van der Waals surface area contributed by atoms with Crippen molar-refractivity contribution in [1.82, 2.24) is 5.32 Å². The number of hydrogen-bond acceptors (Lipinski definition) is 3. The van der Waals surface area contributed by atoms with E-state index < -0.39 is 0 Å². The summed E-state index contributed by atoms with van der Waals surface area (Å²) in [6.45, 7) is 3.37. The number of hydrogen-bond donors (Lipinski definition) is 2. The molecule has 1 aromatic carbocycles. The monoisotopic (exact) mass is 248 g/mol. The van der Waals surface area contributed by atoms with E-state index in [0.717, 1.165) is 31.6 Å². The maximum atomic E-state index is 12.1. The Morgan fingerprint density at radius 3 is 2.83 bits per heavy atom. The zero-order valence-electron chi connectivity index (χ0n) is 10.7. The Hall–Kier alpha value is -1.55. The first-order chi connectivity index (χ1) is 8.66. The van der Waals surface area contributed by atoms with Gasteiger partial charge in [-0.2, -0.15) is 0 Å². The highest BCUT2D eigenvalue weighted by molar-refractivity contribution is 5.83. The highest BCUT2D eigenvalue weighted by Crippen LogP contribution is 2.18. The Labute approximate surface area is 108 Å². The summed E-state index contributed by atoms with van der Waals surface area (Å²) in [7, 11) is 0. The van der Waals surface area contributed by atoms with Gasteiger partial charge in [0.05, 0.1) is 5.92 Å². The summed E-state index contributed by atoms with van der Waals surface area (Å²) in [5, 5.41) is 3.08. The van der Waals surface area contributed by atoms with Gasteiger partial charge in [-0.3, -0.25) is 4.79 Å². The van der Waals surface area contributed by atoms with Crippen LogP contribution in [0.2, 0.25) is 0 Å². The standard InChI is InChI=1S/C14H20N2O2/c1-10(11-3-2-4-12(15)9-11)14(17)16-13-5-7-18-8-6-13/h2-4,9-10,13H,5-8,15H2,1H3,(H,16,17). The second kappa shape index (κ2) is 5.87. The van der Waals surface area contributed by atoms with E-state index in [0.29, 0.717) is 5.69 Å². The van der Waals surface area contributed by atoms with Gasteiger partial charge in [-0.25, -0.2) is 0 Å². The average Bonchev–Trinajstić information content (AvgIpc) is 2.39. The lowest BCUT2D eigenvalue weighted by Gasteiger charge is -2.24. The molecule has 1 aromatic rings. The van der Waals surface area contributed by atoms with Crippen molar-refractivity contribution in [2.45, 2.75) is 31.7 Å². The SMILES string of the molecule is CC(C(=O)NC1CCOCC1)c1cccc(N)c1. The average molecular weight is 248 g/mol. The fourth-order valence-corrected chi connectivity index (χ4v) is 2.15. The Bertz CT molecular complexity index is 414. The largest absolute Gasteiger partial charge is 0.399 e. The van der Waals surface area contributed by atoms with Crippen molar-refractivity contribution >= 4 is 11.6 Å². The lowest BCUT2D eigenvalue weighted by molar-refractivity contribution is -0.123. The summed E-state index contributed by atoms with van der Waals surface area (Å²) >= 11 is 0. The predicted octanol–water partition coefficient (Wildman–Crippen LogP) is 1.67. The summed E-state index contributed by atoms with van der Waals surface area (Å²) in [6, 6.07) is 7.74. The van der Waals surface area contributed by atoms with E-state index in [9.17, 15) is 4.79 Å². The van der Waals surface area contributed by atoms with E-state index in [4.69, 9.17) is 10.5 Å². The van der Waals surface area contributed by atoms with E-state index in [1.165, 1.54) is 0 Å². The molecule has 3 N–H and O–H groups in total. The molecular weight excluding hydrogens is 228 g/mol. The quantitative estimate of drug-likeness (QED) is 0.800. The van der Waals surface area contributed by atoms with Crippen LogP contribution in [0.4, 0.5) is 5.69 Å². The van der Waals surface area contributed by atoms with Crippen LogP contribution >= 0.6 is 0 Å². The molecule has 1 fully saturated rings. The number of nitrogens with two attached hydrogens (primary N) is 1. The number of benzene rings is 1. The first-order valence-corrected chi connectivity index (χ1v) is 6.40. The molecule has 1 atom stereocenters. The number of nitrogens with one attached hydrogen (secondary N) is 1. The van der Waals surface area contributed by atoms with Crippen LogP contribution in [-0.2, 0) is 9.53 Å². The van der Waals surface area contributed by atoms with Crippen molar-refractivity contribution in [2.75, 3.05) is 18.9 Å². The van der Waals surface area contributed by atoms with Gasteiger partial charge in [0.15, 0.2) is 0 Å². The summed E-state index contributed by atoms with van der Waals surface area (Å²) in [4.78, 5) is 12.1. The molecule has 1 aliphatic rings. The van der Waals surface area contributed by atoms with Crippen molar-refractivity contribution in [3.8, 4) is 0 Å². The molecule has 1 saturated heterocycles. The molecule has 1 heterocycles. The fraction of sp³-hybridized carbons (Fsp3) is 0.500. The van der Waals surface area contributed by atoms with Crippen LogP contribution in [0.3, 0.4) is 0 Å². The first-order valence-electron chi connectivity index (χ1n) is 6.40. The molecule has 0 spiro atoms. The summed E-state index contributed by atoms with van der Waals surface area (Å²) < 4.78 is 5.27. The van der Waals surface area contributed by atoms with Crippen LogP contribution in [0.5, 0.6) is 0 Å². The Morgan fingerprint density at radius 1 is 1.44 bits per heavy atom. The Kier molecular flexibility index (Phi) is 4.20. The molecular formula is C14H20N2O2. The third-order valence-corrected chi connectivity index (χ3v) is 3.37. The van der Waals surface area contributed by atoms with E-state index >= 15 is 0 Å². The maximum absolute atomic E-state index is 12.1. The number of nitrogen functional groups attached to an aromatic ring is 1. The molecule has 0 saturated carbocycles. The summed E-state index contributed by atoms with van der Waals surface area (Å²) in [5.74, 6) is -0.108. The molecule has 98 valence electrons. The van der Waals surface area contributed by atoms with Crippen LogP contribution in [0, 0.1) is 0 Å². The van der Waals surface area contributed by atoms with Crippen LogP contribution < -0.4 is 11.1 Å². The molecule has 0 radical (unpaired) electrons. The van der Waals surface area contributed by atoms with Crippen LogP contribution in [-0.4, -0.2) is 25.2 Å². The predicted molar refractivity (Wildman–Crippen MR) is 71.3 cm³/mol. The van der Waals surface area contributed by atoms with Crippen molar-refractivity contribution < 1.29 is 9.53 Å². The van der Waals surface area contributed by atoms with Crippen molar-refractivity contribution in [3.05, 3.63) is 29.8 Å². The first kappa shape index (κ1) is 12.9. The zero-order chi connectivity index (χ0) is 13.0. The smallest absolute Gasteiger partial charge is 0.227 e.